The number of amides is 1. The monoisotopic (exact) mass is 276 g/mol. The second-order valence-electron chi connectivity index (χ2n) is 5.01. The molecular weight excluding hydrogens is 256 g/mol. The van der Waals surface area contributed by atoms with Crippen LogP contribution in [-0.4, -0.2) is 42.5 Å². The molecule has 2 atom stereocenters. The first kappa shape index (κ1) is 14.5. The number of carbonyl (C=O) groups excluding carboxylic acids is 2. The minimum Gasteiger partial charge on any atom is -0.467 e. The van der Waals surface area contributed by atoms with Gasteiger partial charge in [-0.3, -0.25) is 4.79 Å². The number of rotatable bonds is 4. The third kappa shape index (κ3) is 3.17. The van der Waals surface area contributed by atoms with E-state index in [4.69, 9.17) is 10.5 Å². The van der Waals surface area contributed by atoms with E-state index in [-0.39, 0.29) is 11.9 Å². The van der Waals surface area contributed by atoms with E-state index in [0.29, 0.717) is 19.4 Å². The third-order valence-corrected chi connectivity index (χ3v) is 3.62. The molecule has 1 heterocycles. The summed E-state index contributed by atoms with van der Waals surface area (Å²) in [4.78, 5) is 25.6. The summed E-state index contributed by atoms with van der Waals surface area (Å²) in [5.41, 5.74) is 7.01. The highest BCUT2D eigenvalue weighted by Gasteiger charge is 2.36. The van der Waals surface area contributed by atoms with Gasteiger partial charge in [0.15, 0.2) is 0 Å². The Morgan fingerprint density at radius 1 is 1.40 bits per heavy atom. The van der Waals surface area contributed by atoms with Crippen LogP contribution in [0.5, 0.6) is 0 Å². The Balaban J connectivity index is 2.01. The molecule has 1 aliphatic heterocycles. The van der Waals surface area contributed by atoms with Gasteiger partial charge < -0.3 is 15.4 Å². The Morgan fingerprint density at radius 2 is 2.10 bits per heavy atom. The smallest absolute Gasteiger partial charge is 0.328 e. The fourth-order valence-electron chi connectivity index (χ4n) is 2.58. The van der Waals surface area contributed by atoms with E-state index in [1.54, 1.807) is 4.90 Å². The molecule has 1 aromatic carbocycles. The first-order valence-electron chi connectivity index (χ1n) is 6.81. The Kier molecular flexibility index (Phi) is 4.74. The molecule has 0 bridgehead atoms. The van der Waals surface area contributed by atoms with Gasteiger partial charge in [0.2, 0.25) is 5.91 Å². The molecule has 2 rings (SSSR count). The van der Waals surface area contributed by atoms with Crippen LogP contribution in [-0.2, 0) is 20.7 Å². The molecule has 0 radical (unpaired) electrons. The average molecular weight is 276 g/mol. The van der Waals surface area contributed by atoms with Gasteiger partial charge in [0.25, 0.3) is 0 Å². The second kappa shape index (κ2) is 6.52. The molecule has 0 aliphatic carbocycles. The van der Waals surface area contributed by atoms with Crippen LogP contribution in [0.25, 0.3) is 0 Å². The maximum absolute atomic E-state index is 12.4. The number of nitrogens with two attached hydrogens (primary N) is 1. The molecule has 5 nitrogen and oxygen atoms in total. The summed E-state index contributed by atoms with van der Waals surface area (Å²) in [6, 6.07) is 8.53. The van der Waals surface area contributed by atoms with Crippen LogP contribution in [0.1, 0.15) is 18.4 Å². The van der Waals surface area contributed by atoms with Crippen molar-refractivity contribution in [3.05, 3.63) is 35.9 Å². The first-order valence-corrected chi connectivity index (χ1v) is 6.81. The zero-order valence-corrected chi connectivity index (χ0v) is 11.6. The Bertz CT molecular complexity index is 475. The number of esters is 1. The molecule has 0 spiro atoms. The van der Waals surface area contributed by atoms with Crippen molar-refractivity contribution in [3.63, 3.8) is 0 Å². The van der Waals surface area contributed by atoms with Crippen molar-refractivity contribution in [2.45, 2.75) is 31.3 Å². The minimum atomic E-state index is -0.623. The molecule has 1 aromatic rings. The van der Waals surface area contributed by atoms with Crippen molar-refractivity contribution < 1.29 is 14.3 Å². The predicted octanol–water partition coefficient (Wildman–Crippen LogP) is 0.720. The van der Waals surface area contributed by atoms with Crippen molar-refractivity contribution in [3.8, 4) is 0 Å². The van der Waals surface area contributed by atoms with Crippen LogP contribution < -0.4 is 5.73 Å². The van der Waals surface area contributed by atoms with Gasteiger partial charge in [-0.25, -0.2) is 4.79 Å². The van der Waals surface area contributed by atoms with Crippen molar-refractivity contribution in [1.82, 2.24) is 4.90 Å². The summed E-state index contributed by atoms with van der Waals surface area (Å²) in [6.07, 6.45) is 1.93. The number of methoxy groups -OCH3 is 1. The van der Waals surface area contributed by atoms with Crippen LogP contribution in [0, 0.1) is 0 Å². The summed E-state index contributed by atoms with van der Waals surface area (Å²) in [5.74, 6) is -0.537. The lowest BCUT2D eigenvalue weighted by Crippen LogP contribution is -2.49. The van der Waals surface area contributed by atoms with E-state index < -0.39 is 12.1 Å². The Hall–Kier alpha value is -1.88. The van der Waals surface area contributed by atoms with Gasteiger partial charge in [0.1, 0.15) is 6.04 Å². The number of nitrogens with zero attached hydrogens (tertiary/aromatic N) is 1. The largest absolute Gasteiger partial charge is 0.467 e. The molecule has 1 fully saturated rings. The quantitative estimate of drug-likeness (QED) is 0.822. The van der Waals surface area contributed by atoms with Gasteiger partial charge in [0, 0.05) is 6.54 Å². The molecule has 5 heteroatoms. The lowest BCUT2D eigenvalue weighted by Gasteiger charge is -2.25. The van der Waals surface area contributed by atoms with Gasteiger partial charge in [-0.15, -0.1) is 0 Å². The highest BCUT2D eigenvalue weighted by Crippen LogP contribution is 2.19. The molecule has 20 heavy (non-hydrogen) atoms. The van der Waals surface area contributed by atoms with Gasteiger partial charge in [0.05, 0.1) is 13.2 Å². The highest BCUT2D eigenvalue weighted by molar-refractivity contribution is 5.88. The summed E-state index contributed by atoms with van der Waals surface area (Å²) in [6.45, 7) is 0.571. The van der Waals surface area contributed by atoms with Crippen LogP contribution in [0.4, 0.5) is 0 Å². The second-order valence-corrected chi connectivity index (χ2v) is 5.01. The first-order chi connectivity index (χ1) is 9.63. The van der Waals surface area contributed by atoms with Gasteiger partial charge in [-0.2, -0.15) is 0 Å². The molecule has 1 saturated heterocycles. The maximum atomic E-state index is 12.4. The van der Waals surface area contributed by atoms with Crippen molar-refractivity contribution >= 4 is 11.9 Å². The standard InChI is InChI=1S/C15H20N2O3/c1-20-15(19)13-8-5-9-17(13)14(18)12(16)10-11-6-3-2-4-7-11/h2-4,6-7,12-13H,5,8-10,16H2,1H3/t12-,13?/m1/s1. The van der Waals surface area contributed by atoms with Gasteiger partial charge in [-0.1, -0.05) is 30.3 Å². The zero-order chi connectivity index (χ0) is 14.5. The summed E-state index contributed by atoms with van der Waals surface area (Å²) in [5, 5.41) is 0. The minimum absolute atomic E-state index is 0.179. The number of ether oxygens (including phenoxy) is 1. The number of hydrogen-bond acceptors (Lipinski definition) is 4. The topological polar surface area (TPSA) is 72.6 Å². The number of likely N-dealkylation sites (tertiary alicyclic amines) is 1. The Morgan fingerprint density at radius 3 is 2.75 bits per heavy atom. The van der Waals surface area contributed by atoms with Crippen molar-refractivity contribution in [2.24, 2.45) is 5.73 Å². The highest BCUT2D eigenvalue weighted by atomic mass is 16.5. The van der Waals surface area contributed by atoms with Crippen molar-refractivity contribution in [1.29, 1.82) is 0 Å². The fraction of sp³-hybridized carbons (Fsp3) is 0.467. The molecule has 1 amide bonds. The molecule has 0 saturated carbocycles. The molecule has 1 unspecified atom stereocenters. The lowest BCUT2D eigenvalue weighted by molar-refractivity contribution is -0.151. The summed E-state index contributed by atoms with van der Waals surface area (Å²) < 4.78 is 4.74. The normalized spacial score (nSPS) is 19.7. The van der Waals surface area contributed by atoms with Crippen LogP contribution in [0.3, 0.4) is 0 Å². The average Bonchev–Trinajstić information content (AvgIpc) is 2.96. The third-order valence-electron chi connectivity index (χ3n) is 3.62. The molecular formula is C15H20N2O3. The summed E-state index contributed by atoms with van der Waals surface area (Å²) >= 11 is 0. The van der Waals surface area contributed by atoms with E-state index in [1.807, 2.05) is 30.3 Å². The predicted molar refractivity (Wildman–Crippen MR) is 74.9 cm³/mol. The molecule has 1 aliphatic rings. The Labute approximate surface area is 118 Å². The molecule has 108 valence electrons. The van der Waals surface area contributed by atoms with E-state index in [2.05, 4.69) is 0 Å². The number of hydrogen-bond donors (Lipinski definition) is 1. The van der Waals surface area contributed by atoms with E-state index >= 15 is 0 Å². The molecule has 2 N–H and O–H groups in total. The van der Waals surface area contributed by atoms with Crippen LogP contribution in [0.15, 0.2) is 30.3 Å². The van der Waals surface area contributed by atoms with E-state index in [9.17, 15) is 9.59 Å². The van der Waals surface area contributed by atoms with Crippen LogP contribution >= 0.6 is 0 Å². The maximum Gasteiger partial charge on any atom is 0.328 e. The van der Waals surface area contributed by atoms with E-state index in [1.165, 1.54) is 7.11 Å². The summed E-state index contributed by atoms with van der Waals surface area (Å²) in [7, 11) is 1.34. The SMILES string of the molecule is COC(=O)C1CCCN1C(=O)[C@H](N)Cc1ccccc1. The van der Waals surface area contributed by atoms with Gasteiger partial charge in [-0.05, 0) is 24.8 Å². The van der Waals surface area contributed by atoms with Gasteiger partial charge >= 0.3 is 5.97 Å². The van der Waals surface area contributed by atoms with E-state index in [0.717, 1.165) is 12.0 Å². The number of carbonyl (C=O) groups is 2. The van der Waals surface area contributed by atoms with Crippen LogP contribution in [0.2, 0.25) is 0 Å². The lowest BCUT2D eigenvalue weighted by atomic mass is 10.1. The van der Waals surface area contributed by atoms with Crippen molar-refractivity contribution in [2.75, 3.05) is 13.7 Å². The number of benzene rings is 1. The molecule has 0 aromatic heterocycles. The zero-order valence-electron chi connectivity index (χ0n) is 11.6. The fourth-order valence-corrected chi connectivity index (χ4v) is 2.58.